The van der Waals surface area contributed by atoms with E-state index in [4.69, 9.17) is 5.11 Å². The zero-order chi connectivity index (χ0) is 13.9. The molecule has 4 nitrogen and oxygen atoms in total. The summed E-state index contributed by atoms with van der Waals surface area (Å²) in [6, 6.07) is 6.97. The van der Waals surface area contributed by atoms with Crippen LogP contribution in [0.4, 0.5) is 0 Å². The van der Waals surface area contributed by atoms with Crippen molar-refractivity contribution in [1.29, 1.82) is 0 Å². The Morgan fingerprint density at radius 2 is 1.84 bits per heavy atom. The predicted octanol–water partition coefficient (Wildman–Crippen LogP) is 1.49. The zero-order valence-corrected chi connectivity index (χ0v) is 12.6. The van der Waals surface area contributed by atoms with Crippen molar-refractivity contribution in [2.45, 2.75) is 29.9 Å². The summed E-state index contributed by atoms with van der Waals surface area (Å²) in [7, 11) is -3.28. The van der Waals surface area contributed by atoms with E-state index in [1.807, 2.05) is 6.26 Å². The number of hydrogen-bond donors (Lipinski definition) is 2. The van der Waals surface area contributed by atoms with Crippen molar-refractivity contribution >= 4 is 21.8 Å². The first-order valence-electron chi connectivity index (χ1n) is 6.20. The molecule has 0 aliphatic heterocycles. The van der Waals surface area contributed by atoms with E-state index < -0.39 is 10.0 Å². The fraction of sp³-hybridized carbons (Fsp3) is 0.538. The van der Waals surface area contributed by atoms with Crippen LogP contribution in [0.15, 0.2) is 24.3 Å². The van der Waals surface area contributed by atoms with Crippen LogP contribution in [0.1, 0.15) is 24.0 Å². The van der Waals surface area contributed by atoms with Crippen LogP contribution in [0, 0.1) is 0 Å². The van der Waals surface area contributed by atoms with Gasteiger partial charge in [0.25, 0.3) is 0 Å². The maximum Gasteiger partial charge on any atom is 0.215 e. The maximum absolute atomic E-state index is 12.0. The fourth-order valence-electron chi connectivity index (χ4n) is 1.85. The summed E-state index contributed by atoms with van der Waals surface area (Å²) < 4.78 is 26.8. The van der Waals surface area contributed by atoms with E-state index in [0.717, 1.165) is 24.0 Å². The lowest BCUT2D eigenvalue weighted by molar-refractivity contribution is 0.282. The van der Waals surface area contributed by atoms with Gasteiger partial charge < -0.3 is 5.11 Å². The number of nitrogens with one attached hydrogen (secondary N) is 1. The quantitative estimate of drug-likeness (QED) is 0.801. The molecule has 1 aliphatic rings. The third-order valence-electron chi connectivity index (χ3n) is 3.42. The van der Waals surface area contributed by atoms with Gasteiger partial charge in [-0.1, -0.05) is 24.3 Å². The molecule has 1 aliphatic carbocycles. The molecule has 1 fully saturated rings. The first-order valence-corrected chi connectivity index (χ1v) is 9.07. The van der Waals surface area contributed by atoms with Crippen molar-refractivity contribution in [2.24, 2.45) is 0 Å². The summed E-state index contributed by atoms with van der Waals surface area (Å²) in [5, 5.41) is 8.94. The zero-order valence-electron chi connectivity index (χ0n) is 10.9. The molecule has 0 radical (unpaired) electrons. The van der Waals surface area contributed by atoms with Crippen LogP contribution in [0.25, 0.3) is 0 Å². The molecule has 0 spiro atoms. The molecule has 0 saturated heterocycles. The lowest BCUT2D eigenvalue weighted by Crippen LogP contribution is -2.32. The molecule has 106 valence electrons. The minimum Gasteiger partial charge on any atom is -0.392 e. The topological polar surface area (TPSA) is 66.4 Å². The summed E-state index contributed by atoms with van der Waals surface area (Å²) >= 11 is 1.74. The summed E-state index contributed by atoms with van der Waals surface area (Å²) in [6.45, 7) is 0.493. The monoisotopic (exact) mass is 301 g/mol. The van der Waals surface area contributed by atoms with E-state index in [9.17, 15) is 8.42 Å². The predicted molar refractivity (Wildman–Crippen MR) is 78.5 cm³/mol. The molecule has 0 unspecified atom stereocenters. The van der Waals surface area contributed by atoms with Gasteiger partial charge in [-0.05, 0) is 30.2 Å². The van der Waals surface area contributed by atoms with Crippen LogP contribution < -0.4 is 4.72 Å². The first kappa shape index (κ1) is 14.8. The van der Waals surface area contributed by atoms with Crippen molar-refractivity contribution in [3.8, 4) is 0 Å². The van der Waals surface area contributed by atoms with Crippen molar-refractivity contribution in [3.63, 3.8) is 0 Å². The Morgan fingerprint density at radius 3 is 2.32 bits per heavy atom. The molecular weight excluding hydrogens is 282 g/mol. The molecule has 0 amide bonds. The summed E-state index contributed by atoms with van der Waals surface area (Å²) in [5.74, 6) is -0.0107. The Balaban J connectivity index is 1.92. The van der Waals surface area contributed by atoms with E-state index in [1.54, 1.807) is 36.0 Å². The number of sulfonamides is 1. The van der Waals surface area contributed by atoms with Crippen LogP contribution in [-0.4, -0.2) is 31.1 Å². The second kappa shape index (κ2) is 5.83. The molecule has 1 aromatic rings. The highest BCUT2D eigenvalue weighted by molar-refractivity contribution is 8.00. The van der Waals surface area contributed by atoms with Crippen molar-refractivity contribution in [2.75, 3.05) is 12.8 Å². The summed E-state index contributed by atoms with van der Waals surface area (Å²) in [6.07, 6.45) is 4.19. The van der Waals surface area contributed by atoms with Gasteiger partial charge in [-0.15, -0.1) is 0 Å². The van der Waals surface area contributed by atoms with E-state index in [0.29, 0.717) is 6.54 Å². The highest BCUT2D eigenvalue weighted by atomic mass is 32.2. The van der Waals surface area contributed by atoms with E-state index in [2.05, 4.69) is 4.72 Å². The molecule has 0 heterocycles. The largest absolute Gasteiger partial charge is 0.392 e. The van der Waals surface area contributed by atoms with Gasteiger partial charge in [0.1, 0.15) is 0 Å². The minimum absolute atomic E-state index is 0.0107. The number of thioether (sulfide) groups is 1. The molecule has 0 bridgehead atoms. The van der Waals surface area contributed by atoms with E-state index >= 15 is 0 Å². The highest BCUT2D eigenvalue weighted by Gasteiger charge is 2.42. The molecule has 2 N–H and O–H groups in total. The van der Waals surface area contributed by atoms with Crippen LogP contribution in [0.5, 0.6) is 0 Å². The van der Waals surface area contributed by atoms with Crippen LogP contribution in [-0.2, 0) is 22.4 Å². The molecule has 6 heteroatoms. The number of aliphatic hydroxyl groups is 1. The SMILES string of the molecule is CSC1(CNS(=O)(=O)Cc2ccc(CO)cc2)CC1. The van der Waals surface area contributed by atoms with Crippen molar-refractivity contribution in [3.05, 3.63) is 35.4 Å². The van der Waals surface area contributed by atoms with E-state index in [1.165, 1.54) is 0 Å². The number of hydrogen-bond acceptors (Lipinski definition) is 4. The third kappa shape index (κ3) is 4.21. The number of benzene rings is 1. The van der Waals surface area contributed by atoms with Crippen LogP contribution >= 0.6 is 11.8 Å². The average Bonchev–Trinajstić information content (AvgIpc) is 3.18. The molecular formula is C13H19NO3S2. The Hall–Kier alpha value is -0.560. The van der Waals surface area contributed by atoms with Gasteiger partial charge >= 0.3 is 0 Å². The lowest BCUT2D eigenvalue weighted by Gasteiger charge is -2.13. The fourth-order valence-corrected chi connectivity index (χ4v) is 3.89. The Bertz CT molecular complexity index is 521. The van der Waals surface area contributed by atoms with Gasteiger partial charge in [-0.2, -0.15) is 11.8 Å². The molecule has 1 saturated carbocycles. The Labute approximate surface area is 118 Å². The van der Waals surface area contributed by atoms with Gasteiger partial charge in [-0.25, -0.2) is 13.1 Å². The average molecular weight is 301 g/mol. The molecule has 0 atom stereocenters. The van der Waals surface area contributed by atoms with Crippen molar-refractivity contribution < 1.29 is 13.5 Å². The first-order chi connectivity index (χ1) is 8.99. The van der Waals surface area contributed by atoms with Crippen LogP contribution in [0.2, 0.25) is 0 Å². The van der Waals surface area contributed by atoms with Gasteiger partial charge in [0.15, 0.2) is 0 Å². The molecule has 1 aromatic carbocycles. The maximum atomic E-state index is 12.0. The minimum atomic E-state index is -3.28. The molecule has 2 rings (SSSR count). The van der Waals surface area contributed by atoms with Gasteiger partial charge in [0.2, 0.25) is 10.0 Å². The Morgan fingerprint density at radius 1 is 1.26 bits per heavy atom. The lowest BCUT2D eigenvalue weighted by atomic mass is 10.2. The van der Waals surface area contributed by atoms with Crippen molar-refractivity contribution in [1.82, 2.24) is 4.72 Å². The van der Waals surface area contributed by atoms with E-state index in [-0.39, 0.29) is 17.1 Å². The second-order valence-electron chi connectivity index (χ2n) is 4.94. The Kier molecular flexibility index (Phi) is 4.55. The summed E-state index contributed by atoms with van der Waals surface area (Å²) in [4.78, 5) is 0. The normalized spacial score (nSPS) is 17.4. The van der Waals surface area contributed by atoms with Gasteiger partial charge in [-0.3, -0.25) is 0 Å². The number of aliphatic hydroxyl groups excluding tert-OH is 1. The standard InChI is InChI=1S/C13H19NO3S2/c1-18-13(6-7-13)10-14-19(16,17)9-12-4-2-11(8-15)3-5-12/h2-5,14-15H,6-10H2,1H3. The van der Waals surface area contributed by atoms with Crippen LogP contribution in [0.3, 0.4) is 0 Å². The third-order valence-corrected chi connectivity index (χ3v) is 6.13. The summed E-state index contributed by atoms with van der Waals surface area (Å²) in [5.41, 5.74) is 1.52. The van der Waals surface area contributed by atoms with Gasteiger partial charge in [0.05, 0.1) is 12.4 Å². The smallest absolute Gasteiger partial charge is 0.215 e. The van der Waals surface area contributed by atoms with Gasteiger partial charge in [0, 0.05) is 11.3 Å². The molecule has 0 aromatic heterocycles. The molecule has 19 heavy (non-hydrogen) atoms. The highest BCUT2D eigenvalue weighted by Crippen LogP contribution is 2.46. The number of rotatable bonds is 7. The second-order valence-corrected chi connectivity index (χ2v) is 8.02.